The molecule has 0 aliphatic heterocycles. The van der Waals surface area contributed by atoms with Crippen LogP contribution in [0.25, 0.3) is 0 Å². The lowest BCUT2D eigenvalue weighted by molar-refractivity contribution is 0.0982. The van der Waals surface area contributed by atoms with Crippen molar-refractivity contribution in [3.8, 4) is 0 Å². The molecule has 88 valence electrons. The number of nitrogens with zero attached hydrogens (tertiary/aromatic N) is 1. The summed E-state index contributed by atoms with van der Waals surface area (Å²) in [5.74, 6) is 3.30. The number of nitrogens with two attached hydrogens (primary N) is 1. The molecule has 1 rings (SSSR count). The van der Waals surface area contributed by atoms with Gasteiger partial charge in [0.25, 0.3) is 5.91 Å². The van der Waals surface area contributed by atoms with Crippen molar-refractivity contribution >= 4 is 27.3 Å². The molecular weight excluding hydrogens is 226 g/mol. The monoisotopic (exact) mass is 241 g/mol. The highest BCUT2D eigenvalue weighted by Crippen LogP contribution is 2.11. The van der Waals surface area contributed by atoms with Crippen LogP contribution in [0.15, 0.2) is 12.3 Å². The Morgan fingerprint density at radius 3 is 2.81 bits per heavy atom. The van der Waals surface area contributed by atoms with Gasteiger partial charge in [0.1, 0.15) is 5.82 Å². The predicted octanol–water partition coefficient (Wildman–Crippen LogP) is 0.217. The lowest BCUT2D eigenvalue weighted by atomic mass is 10.1. The summed E-state index contributed by atoms with van der Waals surface area (Å²) in [5.41, 5.74) is 6.74. The molecule has 0 radical (unpaired) electrons. The van der Waals surface area contributed by atoms with Crippen molar-refractivity contribution < 1.29 is 9.00 Å². The molecule has 1 amide bonds. The van der Waals surface area contributed by atoms with Crippen LogP contribution in [0, 0.1) is 0 Å². The van der Waals surface area contributed by atoms with Crippen molar-refractivity contribution in [3.63, 3.8) is 0 Å². The summed E-state index contributed by atoms with van der Waals surface area (Å²) in [6, 6.07) is 1.64. The summed E-state index contributed by atoms with van der Waals surface area (Å²) in [6.07, 6.45) is 3.40. The third-order valence-corrected chi connectivity index (χ3v) is 2.57. The number of hydrogen-bond donors (Lipinski definition) is 2. The first-order chi connectivity index (χ1) is 7.33. The van der Waals surface area contributed by atoms with Crippen LogP contribution in [-0.2, 0) is 16.1 Å². The zero-order chi connectivity index (χ0) is 12.3. The number of carbonyl (C=O) groups is 1. The number of hydrogen-bond acceptors (Lipinski definition) is 4. The minimum atomic E-state index is -2.56. The van der Waals surface area contributed by atoms with E-state index >= 15 is 0 Å². The summed E-state index contributed by atoms with van der Waals surface area (Å²) in [6.45, 7) is 1.92. The van der Waals surface area contributed by atoms with Gasteiger partial charge in [-0.1, -0.05) is 6.92 Å². The maximum atomic E-state index is 11.6. The molecule has 3 N–H and O–H groups in total. The molecule has 1 unspecified atom stereocenters. The first kappa shape index (κ1) is 12.5. The lowest BCUT2D eigenvalue weighted by Crippen LogP contribution is -2.29. The summed E-state index contributed by atoms with van der Waals surface area (Å²) in [5, 5.41) is 0. The molecular formula is C10H15N3O2S. The Labute approximate surface area is 95.2 Å². The number of amides is 1. The Kier molecular flexibility index (Phi) is 3.54. The van der Waals surface area contributed by atoms with E-state index < -0.39 is 15.6 Å². The molecule has 1 aromatic heterocycles. The highest BCUT2D eigenvalue weighted by atomic mass is 32.2. The van der Waals surface area contributed by atoms with E-state index in [0.29, 0.717) is 17.8 Å². The predicted molar refractivity (Wildman–Crippen MR) is 66.7 cm³/mol. The second kappa shape index (κ2) is 4.52. The van der Waals surface area contributed by atoms with E-state index in [1.54, 1.807) is 6.07 Å². The summed E-state index contributed by atoms with van der Waals surface area (Å²) < 4.78 is 13.6. The van der Waals surface area contributed by atoms with Crippen LogP contribution in [-0.4, -0.2) is 27.2 Å². The van der Waals surface area contributed by atoms with Crippen molar-refractivity contribution in [2.24, 2.45) is 0 Å². The number of nitrogens with one attached hydrogen (secondary N) is 1. The van der Waals surface area contributed by atoms with Gasteiger partial charge in [-0.05, 0) is 23.9 Å². The second-order valence-electron chi connectivity index (χ2n) is 3.56. The Balaban J connectivity index is 3.01. The molecule has 0 aromatic carbocycles. The lowest BCUT2D eigenvalue weighted by Gasteiger charge is -2.08. The SMILES string of the molecule is C=S(C)(=O)NC(=O)c1cnc(N)c(CC)c1. The summed E-state index contributed by atoms with van der Waals surface area (Å²) >= 11 is 0. The standard InChI is InChI=1S/C10H15N3O2S/c1-4-7-5-8(6-12-9(7)11)10(14)13-16(2,3)15/h5-6H,2,4H2,1,3H3,(H2,11,12)(H,13,14,15). The van der Waals surface area contributed by atoms with Crippen LogP contribution < -0.4 is 10.5 Å². The van der Waals surface area contributed by atoms with Gasteiger partial charge in [0.2, 0.25) is 0 Å². The fourth-order valence-electron chi connectivity index (χ4n) is 1.18. The second-order valence-corrected chi connectivity index (χ2v) is 5.77. The first-order valence-electron chi connectivity index (χ1n) is 4.72. The van der Waals surface area contributed by atoms with Crippen molar-refractivity contribution in [2.45, 2.75) is 13.3 Å². The van der Waals surface area contributed by atoms with Gasteiger partial charge in [-0.2, -0.15) is 0 Å². The summed E-state index contributed by atoms with van der Waals surface area (Å²) in [7, 11) is -2.56. The Morgan fingerprint density at radius 1 is 1.69 bits per heavy atom. The van der Waals surface area contributed by atoms with Crippen LogP contribution in [0.4, 0.5) is 5.82 Å². The van der Waals surface area contributed by atoms with Crippen LogP contribution >= 0.6 is 0 Å². The average molecular weight is 241 g/mol. The van der Waals surface area contributed by atoms with Gasteiger partial charge < -0.3 is 5.73 Å². The molecule has 16 heavy (non-hydrogen) atoms. The van der Waals surface area contributed by atoms with E-state index in [1.165, 1.54) is 12.5 Å². The zero-order valence-corrected chi connectivity index (χ0v) is 10.1. The van der Waals surface area contributed by atoms with Crippen molar-refractivity contribution in [2.75, 3.05) is 12.0 Å². The third-order valence-electron chi connectivity index (χ3n) is 1.95. The molecule has 5 nitrogen and oxygen atoms in total. The summed E-state index contributed by atoms with van der Waals surface area (Å²) in [4.78, 5) is 15.5. The number of aromatic nitrogens is 1. The topological polar surface area (TPSA) is 85.1 Å². The van der Waals surface area contributed by atoms with Gasteiger partial charge in [0.15, 0.2) is 0 Å². The van der Waals surface area contributed by atoms with Gasteiger partial charge in [-0.3, -0.25) is 9.52 Å². The van der Waals surface area contributed by atoms with Gasteiger partial charge in [-0.25, -0.2) is 9.19 Å². The molecule has 0 aliphatic carbocycles. The Morgan fingerprint density at radius 2 is 2.31 bits per heavy atom. The van der Waals surface area contributed by atoms with Crippen molar-refractivity contribution in [1.29, 1.82) is 0 Å². The largest absolute Gasteiger partial charge is 0.383 e. The van der Waals surface area contributed by atoms with Crippen LogP contribution in [0.2, 0.25) is 0 Å². The van der Waals surface area contributed by atoms with E-state index in [-0.39, 0.29) is 0 Å². The van der Waals surface area contributed by atoms with E-state index in [9.17, 15) is 9.00 Å². The van der Waals surface area contributed by atoms with Gasteiger partial charge in [-0.15, -0.1) is 0 Å². The fourth-order valence-corrected chi connectivity index (χ4v) is 1.69. The van der Waals surface area contributed by atoms with E-state index in [2.05, 4.69) is 15.6 Å². The minimum absolute atomic E-state index is 0.337. The van der Waals surface area contributed by atoms with Crippen molar-refractivity contribution in [3.05, 3.63) is 23.4 Å². The van der Waals surface area contributed by atoms with Gasteiger partial charge in [0.05, 0.1) is 5.56 Å². The zero-order valence-electron chi connectivity index (χ0n) is 9.32. The van der Waals surface area contributed by atoms with Crippen LogP contribution in [0.3, 0.4) is 0 Å². The number of pyridine rings is 1. The van der Waals surface area contributed by atoms with Crippen molar-refractivity contribution in [1.82, 2.24) is 9.71 Å². The fraction of sp³-hybridized carbons (Fsp3) is 0.300. The molecule has 0 fully saturated rings. The maximum absolute atomic E-state index is 11.6. The first-order valence-corrected chi connectivity index (χ1v) is 6.85. The van der Waals surface area contributed by atoms with Crippen LogP contribution in [0.5, 0.6) is 0 Å². The van der Waals surface area contributed by atoms with Gasteiger partial charge in [0, 0.05) is 22.2 Å². The third kappa shape index (κ3) is 3.23. The van der Waals surface area contributed by atoms with Crippen LogP contribution in [0.1, 0.15) is 22.8 Å². The van der Waals surface area contributed by atoms with Gasteiger partial charge >= 0.3 is 0 Å². The minimum Gasteiger partial charge on any atom is -0.383 e. The quantitative estimate of drug-likeness (QED) is 0.741. The normalized spacial score (nSPS) is 14.1. The van der Waals surface area contributed by atoms with E-state index in [4.69, 9.17) is 5.73 Å². The average Bonchev–Trinajstić information content (AvgIpc) is 2.15. The smallest absolute Gasteiger partial charge is 0.264 e. The molecule has 1 aromatic rings. The molecule has 1 heterocycles. The maximum Gasteiger partial charge on any atom is 0.264 e. The molecule has 1 atom stereocenters. The molecule has 0 saturated carbocycles. The van der Waals surface area contributed by atoms with E-state index in [0.717, 1.165) is 5.56 Å². The molecule has 0 spiro atoms. The molecule has 0 saturated heterocycles. The Hall–Kier alpha value is -1.56. The highest BCUT2D eigenvalue weighted by molar-refractivity contribution is 7.98. The number of anilines is 1. The number of carbonyl (C=O) groups excluding carboxylic acids is 1. The van der Waals surface area contributed by atoms with E-state index in [1.807, 2.05) is 6.92 Å². The Bertz CT molecular complexity index is 509. The molecule has 0 aliphatic rings. The number of rotatable bonds is 3. The number of nitrogen functional groups attached to an aromatic ring is 1. The molecule has 0 bridgehead atoms. The molecule has 6 heteroatoms. The highest BCUT2D eigenvalue weighted by Gasteiger charge is 2.10. The number of aryl methyl sites for hydroxylation is 1.